The van der Waals surface area contributed by atoms with E-state index in [0.717, 1.165) is 5.56 Å². The van der Waals surface area contributed by atoms with Gasteiger partial charge in [-0.3, -0.25) is 4.79 Å². The minimum Gasteiger partial charge on any atom is -0.339 e. The molecule has 0 unspecified atom stereocenters. The third-order valence-corrected chi connectivity index (χ3v) is 6.29. The molecule has 27 heavy (non-hydrogen) atoms. The van der Waals surface area contributed by atoms with Crippen molar-refractivity contribution in [1.29, 1.82) is 0 Å². The molecule has 1 aliphatic rings. The number of amides is 1. The molecule has 0 saturated carbocycles. The Morgan fingerprint density at radius 1 is 1.15 bits per heavy atom. The van der Waals surface area contributed by atoms with Crippen LogP contribution in [0.2, 0.25) is 0 Å². The van der Waals surface area contributed by atoms with Gasteiger partial charge in [0.1, 0.15) is 5.82 Å². The number of carbonyl (C=O) groups is 1. The fourth-order valence-corrected chi connectivity index (χ4v) is 4.46. The lowest BCUT2D eigenvalue weighted by Gasteiger charge is -2.32. The van der Waals surface area contributed by atoms with Crippen molar-refractivity contribution in [3.63, 3.8) is 0 Å². The Morgan fingerprint density at radius 2 is 1.85 bits per heavy atom. The van der Waals surface area contributed by atoms with E-state index in [1.807, 2.05) is 13.0 Å². The largest absolute Gasteiger partial charge is 0.339 e. The maximum absolute atomic E-state index is 13.8. The van der Waals surface area contributed by atoms with E-state index >= 15 is 0 Å². The van der Waals surface area contributed by atoms with Crippen LogP contribution in [0.4, 0.5) is 4.39 Å². The molecule has 0 spiro atoms. The molecule has 1 saturated heterocycles. The highest BCUT2D eigenvalue weighted by Gasteiger charge is 2.26. The average molecular weight is 390 g/mol. The minimum absolute atomic E-state index is 0.0797. The van der Waals surface area contributed by atoms with Gasteiger partial charge >= 0.3 is 0 Å². The SMILES string of the molecule is Cc1cccc(S(=O)(=O)NCC2CCN(C(=O)c3ccccc3F)CC2)c1. The van der Waals surface area contributed by atoms with Crippen molar-refractivity contribution in [2.45, 2.75) is 24.7 Å². The van der Waals surface area contributed by atoms with Crippen LogP contribution in [0.5, 0.6) is 0 Å². The van der Waals surface area contributed by atoms with Crippen molar-refractivity contribution in [3.05, 3.63) is 65.5 Å². The predicted molar refractivity (Wildman–Crippen MR) is 101 cm³/mol. The van der Waals surface area contributed by atoms with Gasteiger partial charge in [0.05, 0.1) is 10.5 Å². The van der Waals surface area contributed by atoms with E-state index in [-0.39, 0.29) is 22.3 Å². The lowest BCUT2D eigenvalue weighted by Crippen LogP contribution is -2.41. The zero-order valence-electron chi connectivity index (χ0n) is 15.2. The second-order valence-electron chi connectivity index (χ2n) is 6.88. The van der Waals surface area contributed by atoms with Crippen LogP contribution in [0.3, 0.4) is 0 Å². The summed E-state index contributed by atoms with van der Waals surface area (Å²) in [5.74, 6) is -0.684. The van der Waals surface area contributed by atoms with Crippen LogP contribution in [-0.2, 0) is 10.0 Å². The van der Waals surface area contributed by atoms with E-state index in [4.69, 9.17) is 0 Å². The molecule has 0 bridgehead atoms. The minimum atomic E-state index is -3.54. The number of aryl methyl sites for hydroxylation is 1. The van der Waals surface area contributed by atoms with Crippen molar-refractivity contribution in [1.82, 2.24) is 9.62 Å². The van der Waals surface area contributed by atoms with Crippen molar-refractivity contribution in [3.8, 4) is 0 Å². The van der Waals surface area contributed by atoms with Crippen LogP contribution >= 0.6 is 0 Å². The Balaban J connectivity index is 1.54. The van der Waals surface area contributed by atoms with E-state index in [2.05, 4.69) is 4.72 Å². The lowest BCUT2D eigenvalue weighted by molar-refractivity contribution is 0.0687. The molecule has 1 fully saturated rings. The number of nitrogens with zero attached hydrogens (tertiary/aromatic N) is 1. The fraction of sp³-hybridized carbons (Fsp3) is 0.350. The molecule has 1 amide bonds. The molecule has 0 radical (unpaired) electrons. The summed E-state index contributed by atoms with van der Waals surface area (Å²) in [5, 5.41) is 0. The van der Waals surface area contributed by atoms with E-state index in [1.54, 1.807) is 35.2 Å². The van der Waals surface area contributed by atoms with Gasteiger partial charge in [-0.1, -0.05) is 24.3 Å². The van der Waals surface area contributed by atoms with E-state index in [0.29, 0.717) is 32.5 Å². The predicted octanol–water partition coefficient (Wildman–Crippen LogP) is 2.96. The summed E-state index contributed by atoms with van der Waals surface area (Å²) in [4.78, 5) is 14.3. The van der Waals surface area contributed by atoms with Gasteiger partial charge in [-0.05, 0) is 55.5 Å². The second-order valence-corrected chi connectivity index (χ2v) is 8.65. The molecule has 3 rings (SSSR count). The Labute approximate surface area is 159 Å². The van der Waals surface area contributed by atoms with Crippen LogP contribution in [0, 0.1) is 18.7 Å². The molecule has 5 nitrogen and oxygen atoms in total. The molecule has 0 aliphatic carbocycles. The van der Waals surface area contributed by atoms with E-state index < -0.39 is 15.8 Å². The zero-order chi connectivity index (χ0) is 19.4. The number of hydrogen-bond acceptors (Lipinski definition) is 3. The number of likely N-dealkylation sites (tertiary alicyclic amines) is 1. The first kappa shape index (κ1) is 19.5. The number of halogens is 1. The highest BCUT2D eigenvalue weighted by atomic mass is 32.2. The van der Waals surface area contributed by atoms with Crippen LogP contribution in [0.25, 0.3) is 0 Å². The second kappa shape index (κ2) is 8.19. The average Bonchev–Trinajstić information content (AvgIpc) is 2.67. The van der Waals surface area contributed by atoms with E-state index in [9.17, 15) is 17.6 Å². The summed E-state index contributed by atoms with van der Waals surface area (Å²) in [6.07, 6.45) is 1.35. The Hall–Kier alpha value is -2.25. The summed E-state index contributed by atoms with van der Waals surface area (Å²) in [5.41, 5.74) is 0.967. The number of sulfonamides is 1. The summed E-state index contributed by atoms with van der Waals surface area (Å²) in [6, 6.07) is 12.7. The molecule has 2 aromatic rings. The van der Waals surface area contributed by atoms with Gasteiger partial charge in [0.25, 0.3) is 5.91 Å². The Morgan fingerprint density at radius 3 is 2.52 bits per heavy atom. The Kier molecular flexibility index (Phi) is 5.92. The van der Waals surface area contributed by atoms with Crippen LogP contribution in [0.1, 0.15) is 28.8 Å². The topological polar surface area (TPSA) is 66.5 Å². The van der Waals surface area contributed by atoms with E-state index in [1.165, 1.54) is 12.1 Å². The maximum Gasteiger partial charge on any atom is 0.256 e. The van der Waals surface area contributed by atoms with Gasteiger partial charge in [-0.25, -0.2) is 17.5 Å². The third-order valence-electron chi connectivity index (χ3n) is 4.87. The lowest BCUT2D eigenvalue weighted by atomic mass is 9.96. The summed E-state index contributed by atoms with van der Waals surface area (Å²) < 4.78 is 41.3. The van der Waals surface area contributed by atoms with Crippen molar-refractivity contribution >= 4 is 15.9 Å². The number of piperidine rings is 1. The molecule has 144 valence electrons. The molecule has 0 aromatic heterocycles. The van der Waals surface area contributed by atoms with Crippen LogP contribution < -0.4 is 4.72 Å². The monoisotopic (exact) mass is 390 g/mol. The molecule has 1 heterocycles. The van der Waals surface area contributed by atoms with Crippen molar-refractivity contribution < 1.29 is 17.6 Å². The van der Waals surface area contributed by atoms with Crippen molar-refractivity contribution in [2.24, 2.45) is 5.92 Å². The molecule has 1 N–H and O–H groups in total. The molecular formula is C20H23FN2O3S. The highest BCUT2D eigenvalue weighted by Crippen LogP contribution is 2.20. The normalized spacial score (nSPS) is 15.7. The number of hydrogen-bond donors (Lipinski definition) is 1. The van der Waals surface area contributed by atoms with Gasteiger partial charge < -0.3 is 4.90 Å². The summed E-state index contributed by atoms with van der Waals surface area (Å²) in [7, 11) is -3.54. The molecule has 2 aromatic carbocycles. The van der Waals surface area contributed by atoms with Gasteiger partial charge in [0.15, 0.2) is 0 Å². The number of nitrogens with one attached hydrogen (secondary N) is 1. The molecule has 7 heteroatoms. The number of carbonyl (C=O) groups excluding carboxylic acids is 1. The quantitative estimate of drug-likeness (QED) is 0.854. The molecular weight excluding hydrogens is 367 g/mol. The van der Waals surface area contributed by atoms with Gasteiger partial charge in [0.2, 0.25) is 10.0 Å². The standard InChI is InChI=1S/C20H23FN2O3S/c1-15-5-4-6-17(13-15)27(25,26)22-14-16-9-11-23(12-10-16)20(24)18-7-2-3-8-19(18)21/h2-8,13,16,22H,9-12,14H2,1H3. The summed E-state index contributed by atoms with van der Waals surface area (Å²) in [6.45, 7) is 3.16. The maximum atomic E-state index is 13.8. The first-order valence-electron chi connectivity index (χ1n) is 8.97. The van der Waals surface area contributed by atoms with Crippen molar-refractivity contribution in [2.75, 3.05) is 19.6 Å². The van der Waals surface area contributed by atoms with Gasteiger partial charge in [-0.15, -0.1) is 0 Å². The fourth-order valence-electron chi connectivity index (χ4n) is 3.24. The third kappa shape index (κ3) is 4.73. The number of benzene rings is 2. The van der Waals surface area contributed by atoms with Gasteiger partial charge in [0, 0.05) is 19.6 Å². The van der Waals surface area contributed by atoms with Crippen LogP contribution in [0.15, 0.2) is 53.4 Å². The molecule has 1 aliphatic heterocycles. The first-order chi connectivity index (χ1) is 12.9. The van der Waals surface area contributed by atoms with Crippen LogP contribution in [-0.4, -0.2) is 38.9 Å². The summed E-state index contributed by atoms with van der Waals surface area (Å²) >= 11 is 0. The zero-order valence-corrected chi connectivity index (χ0v) is 16.0. The smallest absolute Gasteiger partial charge is 0.256 e. The highest BCUT2D eigenvalue weighted by molar-refractivity contribution is 7.89. The van der Waals surface area contributed by atoms with Gasteiger partial charge in [-0.2, -0.15) is 0 Å². The Bertz CT molecular complexity index is 922. The molecule has 0 atom stereocenters. The number of rotatable bonds is 5. The first-order valence-corrected chi connectivity index (χ1v) is 10.5.